The van der Waals surface area contributed by atoms with Crippen LogP contribution in [0.4, 0.5) is 0 Å². The van der Waals surface area contributed by atoms with E-state index in [0.29, 0.717) is 13.1 Å². The molecule has 0 fully saturated rings. The van der Waals surface area contributed by atoms with Crippen LogP contribution in [0.2, 0.25) is 0 Å². The molecule has 1 N–H and O–H groups in total. The molecule has 0 radical (unpaired) electrons. The van der Waals surface area contributed by atoms with Gasteiger partial charge in [-0.15, -0.1) is 0 Å². The van der Waals surface area contributed by atoms with Crippen molar-refractivity contribution in [2.45, 2.75) is 19.9 Å². The number of benzene rings is 1. The summed E-state index contributed by atoms with van der Waals surface area (Å²) in [5.74, 6) is 0. The summed E-state index contributed by atoms with van der Waals surface area (Å²) in [6.45, 7) is 3.15. The largest absolute Gasteiger partial charge is 0.294 e. The van der Waals surface area contributed by atoms with Crippen molar-refractivity contribution in [3.8, 4) is 0 Å². The van der Waals surface area contributed by atoms with Gasteiger partial charge in [-0.1, -0.05) is 37.3 Å². The topological polar surface area (TPSA) is 40.5 Å². The van der Waals surface area contributed by atoms with Crippen LogP contribution in [0, 0.1) is 0 Å². The molecule has 0 aliphatic rings. The van der Waals surface area contributed by atoms with Crippen LogP contribution in [-0.2, 0) is 17.8 Å². The first-order valence-corrected chi connectivity index (χ1v) is 5.70. The Balaban J connectivity index is 2.60. The summed E-state index contributed by atoms with van der Waals surface area (Å²) in [4.78, 5) is 0. The number of rotatable bonds is 5. The molecule has 0 spiro atoms. The van der Waals surface area contributed by atoms with Crippen molar-refractivity contribution < 1.29 is 8.76 Å². The standard InChI is InChI=1S/C10H15NO2S/c1-2-8-11(14(12)13)9-10-6-4-3-5-7-10/h3-7H,2,8-9H2,1H3,(H,12,13). The highest BCUT2D eigenvalue weighted by atomic mass is 32.2. The van der Waals surface area contributed by atoms with Crippen molar-refractivity contribution in [1.29, 1.82) is 0 Å². The van der Waals surface area contributed by atoms with Crippen LogP contribution >= 0.6 is 0 Å². The molecule has 0 aromatic heterocycles. The van der Waals surface area contributed by atoms with Gasteiger partial charge < -0.3 is 0 Å². The van der Waals surface area contributed by atoms with E-state index in [2.05, 4.69) is 0 Å². The molecule has 0 saturated carbocycles. The second-order valence-corrected chi connectivity index (χ2v) is 4.06. The van der Waals surface area contributed by atoms with Crippen molar-refractivity contribution in [3.05, 3.63) is 35.9 Å². The van der Waals surface area contributed by atoms with E-state index in [1.807, 2.05) is 37.3 Å². The van der Waals surface area contributed by atoms with Gasteiger partial charge in [-0.3, -0.25) is 4.55 Å². The fraction of sp³-hybridized carbons (Fsp3) is 0.400. The molecule has 0 heterocycles. The smallest absolute Gasteiger partial charge is 0.234 e. The van der Waals surface area contributed by atoms with Crippen molar-refractivity contribution in [3.63, 3.8) is 0 Å². The summed E-state index contributed by atoms with van der Waals surface area (Å²) >= 11 is -1.87. The van der Waals surface area contributed by atoms with E-state index in [9.17, 15) is 4.21 Å². The molecule has 0 saturated heterocycles. The van der Waals surface area contributed by atoms with E-state index in [1.165, 1.54) is 4.31 Å². The molecule has 0 bridgehead atoms. The van der Waals surface area contributed by atoms with Crippen LogP contribution in [0.3, 0.4) is 0 Å². The Hall–Kier alpha value is -0.710. The molecule has 0 amide bonds. The zero-order valence-electron chi connectivity index (χ0n) is 8.22. The monoisotopic (exact) mass is 213 g/mol. The Morgan fingerprint density at radius 1 is 1.36 bits per heavy atom. The summed E-state index contributed by atoms with van der Waals surface area (Å²) in [6.07, 6.45) is 0.874. The Kier molecular flexibility index (Phi) is 4.79. The van der Waals surface area contributed by atoms with Gasteiger partial charge in [0.05, 0.1) is 0 Å². The molecule has 4 heteroatoms. The number of hydrogen-bond donors (Lipinski definition) is 1. The third kappa shape index (κ3) is 3.57. The summed E-state index contributed by atoms with van der Waals surface area (Å²) in [5.41, 5.74) is 1.06. The van der Waals surface area contributed by atoms with Crippen LogP contribution in [-0.4, -0.2) is 19.6 Å². The summed E-state index contributed by atoms with van der Waals surface area (Å²) in [5, 5.41) is 0. The van der Waals surface area contributed by atoms with Crippen LogP contribution in [0.5, 0.6) is 0 Å². The lowest BCUT2D eigenvalue weighted by Gasteiger charge is -2.16. The fourth-order valence-electron chi connectivity index (χ4n) is 1.25. The van der Waals surface area contributed by atoms with Gasteiger partial charge in [0.2, 0.25) is 11.3 Å². The molecule has 1 aromatic carbocycles. The average molecular weight is 213 g/mol. The maximum atomic E-state index is 10.9. The third-order valence-electron chi connectivity index (χ3n) is 1.90. The number of nitrogens with zero attached hydrogens (tertiary/aromatic N) is 1. The normalized spacial score (nSPS) is 13.1. The summed E-state index contributed by atoms with van der Waals surface area (Å²) < 4.78 is 21.5. The van der Waals surface area contributed by atoms with Crippen molar-refractivity contribution in [1.82, 2.24) is 4.31 Å². The third-order valence-corrected chi connectivity index (χ3v) is 2.65. The highest BCUT2D eigenvalue weighted by Crippen LogP contribution is 2.06. The van der Waals surface area contributed by atoms with Crippen molar-refractivity contribution >= 4 is 11.3 Å². The first-order chi connectivity index (χ1) is 6.74. The Morgan fingerprint density at radius 2 is 2.00 bits per heavy atom. The molecule has 1 rings (SSSR count). The van der Waals surface area contributed by atoms with Crippen molar-refractivity contribution in [2.24, 2.45) is 0 Å². The lowest BCUT2D eigenvalue weighted by molar-refractivity contribution is 0.391. The van der Waals surface area contributed by atoms with Crippen molar-refractivity contribution in [2.75, 3.05) is 6.54 Å². The van der Waals surface area contributed by atoms with Gasteiger partial charge >= 0.3 is 0 Å². The SMILES string of the molecule is CCCN(Cc1ccccc1)S(=O)O. The fourth-order valence-corrected chi connectivity index (χ4v) is 1.85. The first-order valence-electron chi connectivity index (χ1n) is 4.64. The van der Waals surface area contributed by atoms with E-state index >= 15 is 0 Å². The quantitative estimate of drug-likeness (QED) is 0.760. The molecule has 0 aliphatic carbocycles. The Morgan fingerprint density at radius 3 is 2.50 bits per heavy atom. The minimum Gasteiger partial charge on any atom is -0.294 e. The van der Waals surface area contributed by atoms with Crippen LogP contribution < -0.4 is 0 Å². The average Bonchev–Trinajstić information content (AvgIpc) is 2.18. The molecular weight excluding hydrogens is 198 g/mol. The van der Waals surface area contributed by atoms with Gasteiger partial charge in [0.1, 0.15) is 0 Å². The maximum absolute atomic E-state index is 10.9. The minimum atomic E-state index is -1.87. The second-order valence-electron chi connectivity index (χ2n) is 3.08. The van der Waals surface area contributed by atoms with Crippen LogP contribution in [0.15, 0.2) is 30.3 Å². The lowest BCUT2D eigenvalue weighted by atomic mass is 10.2. The van der Waals surface area contributed by atoms with Crippen LogP contribution in [0.1, 0.15) is 18.9 Å². The summed E-state index contributed by atoms with van der Waals surface area (Å²) in [6, 6.07) is 9.70. The summed E-state index contributed by atoms with van der Waals surface area (Å²) in [7, 11) is 0. The van der Waals surface area contributed by atoms with Gasteiger partial charge in [0.15, 0.2) is 0 Å². The second kappa shape index (κ2) is 5.90. The van der Waals surface area contributed by atoms with E-state index in [1.54, 1.807) is 0 Å². The molecule has 1 unspecified atom stereocenters. The molecule has 14 heavy (non-hydrogen) atoms. The van der Waals surface area contributed by atoms with Crippen LogP contribution in [0.25, 0.3) is 0 Å². The maximum Gasteiger partial charge on any atom is 0.234 e. The molecule has 1 atom stereocenters. The predicted octanol–water partition coefficient (Wildman–Crippen LogP) is 2.04. The molecular formula is C10H15NO2S. The highest BCUT2D eigenvalue weighted by molar-refractivity contribution is 7.76. The predicted molar refractivity (Wildman–Crippen MR) is 57.9 cm³/mol. The van der Waals surface area contributed by atoms with Gasteiger partial charge in [-0.2, -0.15) is 4.31 Å². The van der Waals surface area contributed by atoms with E-state index in [-0.39, 0.29) is 0 Å². The van der Waals surface area contributed by atoms with Gasteiger partial charge in [-0.05, 0) is 12.0 Å². The van der Waals surface area contributed by atoms with Gasteiger partial charge in [0, 0.05) is 13.1 Å². The van der Waals surface area contributed by atoms with E-state index in [4.69, 9.17) is 4.55 Å². The van der Waals surface area contributed by atoms with Gasteiger partial charge in [-0.25, -0.2) is 4.21 Å². The van der Waals surface area contributed by atoms with E-state index in [0.717, 1.165) is 12.0 Å². The molecule has 3 nitrogen and oxygen atoms in total. The zero-order chi connectivity index (χ0) is 10.4. The van der Waals surface area contributed by atoms with E-state index < -0.39 is 11.3 Å². The zero-order valence-corrected chi connectivity index (χ0v) is 9.04. The molecule has 1 aromatic rings. The molecule has 78 valence electrons. The number of hydrogen-bond acceptors (Lipinski definition) is 1. The minimum absolute atomic E-state index is 0.526. The Labute approximate surface area is 87.2 Å². The highest BCUT2D eigenvalue weighted by Gasteiger charge is 2.09. The lowest BCUT2D eigenvalue weighted by Crippen LogP contribution is -2.25. The Bertz CT molecular complexity index is 289. The van der Waals surface area contributed by atoms with Gasteiger partial charge in [0.25, 0.3) is 0 Å². The first kappa shape index (κ1) is 11.4. The molecule has 0 aliphatic heterocycles.